The van der Waals surface area contributed by atoms with Gasteiger partial charge in [0.15, 0.2) is 0 Å². The first-order valence-corrected chi connectivity index (χ1v) is 8.75. The highest BCUT2D eigenvalue weighted by Crippen LogP contribution is 2.34. The van der Waals surface area contributed by atoms with E-state index in [9.17, 15) is 9.59 Å². The third kappa shape index (κ3) is 5.13. The molecule has 2 aromatic carbocycles. The number of methoxy groups -OCH3 is 1. The SMILES string of the molecule is COc1cc(Cl)c(C)cc1N(CCC(=O)Nc1cccc(Cl)c1)C(C)=O. The van der Waals surface area contributed by atoms with Crippen LogP contribution in [0.1, 0.15) is 18.9 Å². The molecule has 0 radical (unpaired) electrons. The van der Waals surface area contributed by atoms with E-state index in [0.29, 0.717) is 27.2 Å². The summed E-state index contributed by atoms with van der Waals surface area (Å²) in [5.41, 5.74) is 2.01. The second-order valence-corrected chi connectivity index (χ2v) is 6.60. The first-order valence-electron chi connectivity index (χ1n) is 7.99. The molecule has 2 rings (SSSR count). The van der Waals surface area contributed by atoms with Crippen LogP contribution in [-0.4, -0.2) is 25.5 Å². The first-order chi connectivity index (χ1) is 12.3. The Bertz CT molecular complexity index is 824. The van der Waals surface area contributed by atoms with E-state index in [4.69, 9.17) is 27.9 Å². The smallest absolute Gasteiger partial charge is 0.226 e. The molecule has 0 bridgehead atoms. The molecule has 0 heterocycles. The van der Waals surface area contributed by atoms with Crippen LogP contribution in [0.3, 0.4) is 0 Å². The van der Waals surface area contributed by atoms with E-state index in [-0.39, 0.29) is 24.8 Å². The Balaban J connectivity index is 2.13. The third-order valence-electron chi connectivity index (χ3n) is 3.80. The summed E-state index contributed by atoms with van der Waals surface area (Å²) < 4.78 is 5.33. The normalized spacial score (nSPS) is 10.3. The van der Waals surface area contributed by atoms with E-state index in [1.165, 1.54) is 18.9 Å². The summed E-state index contributed by atoms with van der Waals surface area (Å²) in [6, 6.07) is 10.3. The number of carbonyl (C=O) groups is 2. The number of nitrogens with one attached hydrogen (secondary N) is 1. The minimum absolute atomic E-state index is 0.122. The highest BCUT2D eigenvalue weighted by molar-refractivity contribution is 6.31. The average Bonchev–Trinajstić information content (AvgIpc) is 2.57. The highest BCUT2D eigenvalue weighted by Gasteiger charge is 2.19. The van der Waals surface area contributed by atoms with Crippen LogP contribution < -0.4 is 15.0 Å². The monoisotopic (exact) mass is 394 g/mol. The van der Waals surface area contributed by atoms with Crippen molar-refractivity contribution in [1.82, 2.24) is 0 Å². The summed E-state index contributed by atoms with van der Waals surface area (Å²) in [6.07, 6.45) is 0.122. The maximum Gasteiger partial charge on any atom is 0.226 e. The fourth-order valence-corrected chi connectivity index (χ4v) is 2.82. The number of amides is 2. The van der Waals surface area contributed by atoms with Crippen LogP contribution in [0.15, 0.2) is 36.4 Å². The standard InChI is InChI=1S/C19H20Cl2N2O3/c1-12-9-17(18(26-3)11-16(12)21)23(13(2)24)8-7-19(25)22-15-6-4-5-14(20)10-15/h4-6,9-11H,7-8H2,1-3H3,(H,22,25). The van der Waals surface area contributed by atoms with Gasteiger partial charge in [-0.15, -0.1) is 0 Å². The van der Waals surface area contributed by atoms with Gasteiger partial charge in [0.05, 0.1) is 12.8 Å². The zero-order chi connectivity index (χ0) is 19.3. The molecule has 0 fully saturated rings. The number of rotatable bonds is 6. The number of anilines is 2. The van der Waals surface area contributed by atoms with Crippen LogP contribution in [0.2, 0.25) is 10.0 Å². The number of carbonyl (C=O) groups excluding carboxylic acids is 2. The van der Waals surface area contributed by atoms with Crippen LogP contribution in [0.25, 0.3) is 0 Å². The maximum atomic E-state index is 12.2. The lowest BCUT2D eigenvalue weighted by Crippen LogP contribution is -2.32. The van der Waals surface area contributed by atoms with E-state index >= 15 is 0 Å². The lowest BCUT2D eigenvalue weighted by molar-refractivity contribution is -0.117. The van der Waals surface area contributed by atoms with Crippen molar-refractivity contribution in [2.45, 2.75) is 20.3 Å². The van der Waals surface area contributed by atoms with E-state index in [2.05, 4.69) is 5.32 Å². The molecule has 2 aromatic rings. The van der Waals surface area contributed by atoms with Crippen LogP contribution in [0, 0.1) is 6.92 Å². The number of halogens is 2. The van der Waals surface area contributed by atoms with Crippen LogP contribution in [-0.2, 0) is 9.59 Å². The van der Waals surface area contributed by atoms with Crippen LogP contribution in [0.5, 0.6) is 5.75 Å². The predicted octanol–water partition coefficient (Wildman–Crippen LogP) is 4.69. The van der Waals surface area contributed by atoms with Crippen molar-refractivity contribution in [1.29, 1.82) is 0 Å². The Hall–Kier alpha value is -2.24. The molecule has 0 unspecified atom stereocenters. The molecule has 7 heteroatoms. The minimum Gasteiger partial charge on any atom is -0.495 e. The van der Waals surface area contributed by atoms with Gasteiger partial charge in [-0.05, 0) is 36.8 Å². The van der Waals surface area contributed by atoms with Crippen molar-refractivity contribution >= 4 is 46.4 Å². The number of hydrogen-bond donors (Lipinski definition) is 1. The van der Waals surface area contributed by atoms with Gasteiger partial charge >= 0.3 is 0 Å². The average molecular weight is 395 g/mol. The van der Waals surface area contributed by atoms with Crippen molar-refractivity contribution in [3.05, 3.63) is 52.0 Å². The van der Waals surface area contributed by atoms with Crippen molar-refractivity contribution in [2.75, 3.05) is 23.9 Å². The molecule has 0 aromatic heterocycles. The van der Waals surface area contributed by atoms with Gasteiger partial charge in [0.1, 0.15) is 5.75 Å². The largest absolute Gasteiger partial charge is 0.495 e. The lowest BCUT2D eigenvalue weighted by atomic mass is 10.1. The molecule has 138 valence electrons. The number of nitrogens with zero attached hydrogens (tertiary/aromatic N) is 1. The molecule has 1 N–H and O–H groups in total. The predicted molar refractivity (Wildman–Crippen MR) is 105 cm³/mol. The summed E-state index contributed by atoms with van der Waals surface area (Å²) in [7, 11) is 1.51. The molecule has 0 atom stereocenters. The van der Waals surface area contributed by atoms with Gasteiger partial charge in [-0.1, -0.05) is 29.3 Å². The van der Waals surface area contributed by atoms with Crippen molar-refractivity contribution in [3.8, 4) is 5.75 Å². The Kier molecular flexibility index (Phi) is 6.89. The fourth-order valence-electron chi connectivity index (χ4n) is 2.47. The van der Waals surface area contributed by atoms with Crippen molar-refractivity contribution in [2.24, 2.45) is 0 Å². The number of ether oxygens (including phenoxy) is 1. The molecule has 0 saturated carbocycles. The Morgan fingerprint density at radius 2 is 1.92 bits per heavy atom. The summed E-state index contributed by atoms with van der Waals surface area (Å²) in [4.78, 5) is 25.8. The van der Waals surface area contributed by atoms with Gasteiger partial charge in [0.25, 0.3) is 0 Å². The topological polar surface area (TPSA) is 58.6 Å². The van der Waals surface area contributed by atoms with Gasteiger partial charge in [0.2, 0.25) is 11.8 Å². The number of aryl methyl sites for hydroxylation is 1. The Morgan fingerprint density at radius 1 is 1.19 bits per heavy atom. The quantitative estimate of drug-likeness (QED) is 0.772. The molecule has 0 spiro atoms. The lowest BCUT2D eigenvalue weighted by Gasteiger charge is -2.24. The summed E-state index contributed by atoms with van der Waals surface area (Å²) in [6.45, 7) is 3.49. The molecule has 26 heavy (non-hydrogen) atoms. The van der Waals surface area contributed by atoms with E-state index in [0.717, 1.165) is 5.56 Å². The van der Waals surface area contributed by atoms with Gasteiger partial charge in [-0.25, -0.2) is 0 Å². The molecule has 5 nitrogen and oxygen atoms in total. The maximum absolute atomic E-state index is 12.2. The molecular weight excluding hydrogens is 375 g/mol. The van der Waals surface area contributed by atoms with Gasteiger partial charge in [-0.2, -0.15) is 0 Å². The minimum atomic E-state index is -0.219. The summed E-state index contributed by atoms with van der Waals surface area (Å²) in [5, 5.41) is 3.85. The molecule has 0 aliphatic carbocycles. The molecule has 2 amide bonds. The molecule has 0 aliphatic rings. The zero-order valence-electron chi connectivity index (χ0n) is 14.8. The summed E-state index contributed by atoms with van der Waals surface area (Å²) in [5.74, 6) is 0.0646. The Morgan fingerprint density at radius 3 is 2.54 bits per heavy atom. The second kappa shape index (κ2) is 8.92. The number of benzene rings is 2. The van der Waals surface area contributed by atoms with Gasteiger partial charge in [0, 0.05) is 41.7 Å². The zero-order valence-corrected chi connectivity index (χ0v) is 16.3. The summed E-state index contributed by atoms with van der Waals surface area (Å²) >= 11 is 12.0. The van der Waals surface area contributed by atoms with Crippen molar-refractivity contribution in [3.63, 3.8) is 0 Å². The van der Waals surface area contributed by atoms with E-state index in [1.54, 1.807) is 36.4 Å². The van der Waals surface area contributed by atoms with Crippen LogP contribution >= 0.6 is 23.2 Å². The van der Waals surface area contributed by atoms with E-state index in [1.807, 2.05) is 6.92 Å². The van der Waals surface area contributed by atoms with Gasteiger partial charge in [-0.3, -0.25) is 9.59 Å². The van der Waals surface area contributed by atoms with Gasteiger partial charge < -0.3 is 15.0 Å². The fraction of sp³-hybridized carbons (Fsp3) is 0.263. The number of hydrogen-bond acceptors (Lipinski definition) is 3. The molecule has 0 saturated heterocycles. The first kappa shape index (κ1) is 20.1. The van der Waals surface area contributed by atoms with Crippen LogP contribution in [0.4, 0.5) is 11.4 Å². The molecular formula is C19H20Cl2N2O3. The molecule has 0 aliphatic heterocycles. The third-order valence-corrected chi connectivity index (χ3v) is 4.44. The highest BCUT2D eigenvalue weighted by atomic mass is 35.5. The van der Waals surface area contributed by atoms with E-state index < -0.39 is 0 Å². The van der Waals surface area contributed by atoms with Crippen molar-refractivity contribution < 1.29 is 14.3 Å². The second-order valence-electron chi connectivity index (χ2n) is 5.75. The Labute approximate surface area is 162 Å².